The van der Waals surface area contributed by atoms with E-state index in [4.69, 9.17) is 4.74 Å². The first-order chi connectivity index (χ1) is 12.7. The molecule has 0 heterocycles. The number of nitro benzene ring substituents is 1. The van der Waals surface area contributed by atoms with Gasteiger partial charge in [0.05, 0.1) is 22.8 Å². The Morgan fingerprint density at radius 2 is 2.00 bits per heavy atom. The molecular formula is C17H23F3N2O5S. The van der Waals surface area contributed by atoms with Crippen LogP contribution in [0.2, 0.25) is 0 Å². The Bertz CT molecular complexity index is 842. The molecule has 0 amide bonds. The van der Waals surface area contributed by atoms with Gasteiger partial charge >= 0.3 is 15.5 Å². The topological polar surface area (TPSA) is 98.5 Å². The molecular weight excluding hydrogens is 401 g/mol. The first kappa shape index (κ1) is 22.3. The zero-order chi connectivity index (χ0) is 21.3. The molecule has 0 aliphatic heterocycles. The third-order valence-corrected chi connectivity index (χ3v) is 6.48. The maximum atomic E-state index is 12.7. The molecule has 1 N–H and O–H groups in total. The lowest BCUT2D eigenvalue weighted by molar-refractivity contribution is -0.384. The minimum Gasteiger partial charge on any atom is -0.488 e. The van der Waals surface area contributed by atoms with E-state index in [2.05, 4.69) is 20.8 Å². The Balaban J connectivity index is 2.35. The van der Waals surface area contributed by atoms with Crippen molar-refractivity contribution >= 4 is 21.4 Å². The van der Waals surface area contributed by atoms with E-state index in [0.29, 0.717) is 18.8 Å². The largest absolute Gasteiger partial charge is 0.516 e. The maximum Gasteiger partial charge on any atom is 0.516 e. The van der Waals surface area contributed by atoms with Gasteiger partial charge < -0.3 is 4.74 Å². The lowest BCUT2D eigenvalue weighted by Crippen LogP contribution is -2.36. The van der Waals surface area contributed by atoms with E-state index in [0.717, 1.165) is 31.0 Å². The van der Waals surface area contributed by atoms with Gasteiger partial charge in [0, 0.05) is 6.07 Å². The number of alkyl halides is 3. The Kier molecular flexibility index (Phi) is 6.17. The molecule has 1 aliphatic carbocycles. The van der Waals surface area contributed by atoms with E-state index >= 15 is 0 Å². The number of halogens is 3. The lowest BCUT2D eigenvalue weighted by atomic mass is 9.67. The second-order valence-corrected chi connectivity index (χ2v) is 9.31. The first-order valence-corrected chi connectivity index (χ1v) is 10.3. The van der Waals surface area contributed by atoms with Gasteiger partial charge in [0.15, 0.2) is 5.75 Å². The number of ether oxygens (including phenoxy) is 1. The molecule has 0 aromatic heterocycles. The number of anilines is 1. The highest BCUT2D eigenvalue weighted by Crippen LogP contribution is 2.44. The van der Waals surface area contributed by atoms with E-state index in [1.807, 2.05) is 0 Å². The van der Waals surface area contributed by atoms with E-state index < -0.39 is 37.9 Å². The maximum absolute atomic E-state index is 12.7. The van der Waals surface area contributed by atoms with Crippen molar-refractivity contribution in [3.8, 4) is 5.75 Å². The van der Waals surface area contributed by atoms with Crippen LogP contribution >= 0.6 is 0 Å². The predicted octanol–water partition coefficient (Wildman–Crippen LogP) is 4.84. The molecule has 0 saturated heterocycles. The quantitative estimate of drug-likeness (QED) is 0.520. The van der Waals surface area contributed by atoms with Gasteiger partial charge in [0.2, 0.25) is 0 Å². The zero-order valence-corrected chi connectivity index (χ0v) is 16.6. The van der Waals surface area contributed by atoms with E-state index in [9.17, 15) is 31.7 Å². The average molecular weight is 424 g/mol. The number of nitro groups is 1. The van der Waals surface area contributed by atoms with Crippen molar-refractivity contribution in [1.29, 1.82) is 0 Å². The van der Waals surface area contributed by atoms with Crippen molar-refractivity contribution in [2.45, 2.75) is 58.1 Å². The number of non-ortho nitro benzene ring substituents is 1. The molecule has 2 unspecified atom stereocenters. The van der Waals surface area contributed by atoms with Crippen LogP contribution in [0.25, 0.3) is 0 Å². The normalized spacial score (nSPS) is 23.5. The van der Waals surface area contributed by atoms with Crippen molar-refractivity contribution in [2.24, 2.45) is 11.3 Å². The number of hydrogen-bond donors (Lipinski definition) is 1. The molecule has 1 fully saturated rings. The van der Waals surface area contributed by atoms with Gasteiger partial charge in [-0.05, 0) is 43.1 Å². The van der Waals surface area contributed by atoms with Crippen LogP contribution in [-0.2, 0) is 10.0 Å². The predicted molar refractivity (Wildman–Crippen MR) is 97.5 cm³/mol. The molecule has 0 bridgehead atoms. The molecule has 1 saturated carbocycles. The van der Waals surface area contributed by atoms with Crippen molar-refractivity contribution in [1.82, 2.24) is 0 Å². The SMILES string of the molecule is CC(C)C1(C)CCCC(Oc2cc([N+](=O)[O-])ccc2NS(=O)(=O)C(F)(F)F)C1. The van der Waals surface area contributed by atoms with Gasteiger partial charge in [-0.3, -0.25) is 14.8 Å². The van der Waals surface area contributed by atoms with Crippen molar-refractivity contribution in [2.75, 3.05) is 4.72 Å². The standard InChI is InChI=1S/C17H23F3N2O5S/c1-11(2)16(3)8-4-5-13(10-16)27-15-9-12(22(23)24)6-7-14(15)21-28(25,26)17(18,19)20/h6-7,9,11,13,21H,4-5,8,10H2,1-3H3. The minimum absolute atomic E-state index is 0.0464. The molecule has 158 valence electrons. The van der Waals surface area contributed by atoms with Crippen molar-refractivity contribution in [3.63, 3.8) is 0 Å². The highest BCUT2D eigenvalue weighted by atomic mass is 32.2. The van der Waals surface area contributed by atoms with E-state index in [1.165, 1.54) is 4.72 Å². The summed E-state index contributed by atoms with van der Waals surface area (Å²) in [6.45, 7) is 6.23. The Morgan fingerprint density at radius 1 is 1.36 bits per heavy atom. The van der Waals surface area contributed by atoms with Gasteiger partial charge in [0.25, 0.3) is 5.69 Å². The molecule has 11 heteroatoms. The molecule has 2 rings (SSSR count). The third kappa shape index (κ3) is 4.86. The molecule has 28 heavy (non-hydrogen) atoms. The summed E-state index contributed by atoms with van der Waals surface area (Å²) in [6.07, 6.45) is 2.64. The summed E-state index contributed by atoms with van der Waals surface area (Å²) >= 11 is 0. The summed E-state index contributed by atoms with van der Waals surface area (Å²) in [4.78, 5) is 10.3. The number of benzene rings is 1. The first-order valence-electron chi connectivity index (χ1n) is 8.79. The number of rotatable bonds is 6. The third-order valence-electron chi connectivity index (χ3n) is 5.38. The van der Waals surface area contributed by atoms with Crippen molar-refractivity contribution in [3.05, 3.63) is 28.3 Å². The molecule has 0 spiro atoms. The van der Waals surface area contributed by atoms with Gasteiger partial charge in [-0.25, -0.2) is 0 Å². The average Bonchev–Trinajstić information content (AvgIpc) is 2.55. The fourth-order valence-electron chi connectivity index (χ4n) is 3.27. The zero-order valence-electron chi connectivity index (χ0n) is 15.7. The highest BCUT2D eigenvalue weighted by Gasteiger charge is 2.46. The van der Waals surface area contributed by atoms with E-state index in [1.54, 1.807) is 0 Å². The summed E-state index contributed by atoms with van der Waals surface area (Å²) in [5.74, 6) is 0.0484. The Labute approximate surface area is 161 Å². The summed E-state index contributed by atoms with van der Waals surface area (Å²) in [6, 6.07) is 2.76. The van der Waals surface area contributed by atoms with Gasteiger partial charge in [-0.2, -0.15) is 21.6 Å². The monoisotopic (exact) mass is 424 g/mol. The molecule has 1 aromatic rings. The van der Waals surface area contributed by atoms with Crippen LogP contribution in [0.1, 0.15) is 46.5 Å². The molecule has 7 nitrogen and oxygen atoms in total. The number of hydrogen-bond acceptors (Lipinski definition) is 5. The fraction of sp³-hybridized carbons (Fsp3) is 0.647. The van der Waals surface area contributed by atoms with Crippen molar-refractivity contribution < 1.29 is 31.2 Å². The van der Waals surface area contributed by atoms with E-state index in [-0.39, 0.29) is 11.2 Å². The molecule has 0 radical (unpaired) electrons. The van der Waals surface area contributed by atoms with Crippen LogP contribution in [0.15, 0.2) is 18.2 Å². The summed E-state index contributed by atoms with van der Waals surface area (Å²) in [7, 11) is -5.68. The van der Waals surface area contributed by atoms with Gasteiger partial charge in [-0.15, -0.1) is 0 Å². The summed E-state index contributed by atoms with van der Waals surface area (Å²) in [5, 5.41) is 11.0. The molecule has 1 aromatic carbocycles. The van der Waals surface area contributed by atoms with Crippen LogP contribution in [0.3, 0.4) is 0 Å². The second kappa shape index (κ2) is 7.76. The molecule has 1 aliphatic rings. The van der Waals surface area contributed by atoms with Gasteiger partial charge in [-0.1, -0.05) is 20.8 Å². The van der Waals surface area contributed by atoms with Gasteiger partial charge in [0.1, 0.15) is 0 Å². The lowest BCUT2D eigenvalue weighted by Gasteiger charge is -2.41. The van der Waals surface area contributed by atoms with Crippen LogP contribution < -0.4 is 9.46 Å². The van der Waals surface area contributed by atoms with Crippen LogP contribution in [-0.4, -0.2) is 25.0 Å². The highest BCUT2D eigenvalue weighted by molar-refractivity contribution is 7.93. The Hall–Kier alpha value is -2.04. The smallest absolute Gasteiger partial charge is 0.488 e. The van der Waals surface area contributed by atoms with Crippen LogP contribution in [0, 0.1) is 21.4 Å². The number of nitrogens with one attached hydrogen (secondary N) is 1. The van der Waals surface area contributed by atoms with Crippen LogP contribution in [0.5, 0.6) is 5.75 Å². The molecule has 2 atom stereocenters. The second-order valence-electron chi connectivity index (χ2n) is 7.63. The number of sulfonamides is 1. The Morgan fingerprint density at radius 3 is 2.54 bits per heavy atom. The fourth-order valence-corrected chi connectivity index (χ4v) is 3.85. The minimum atomic E-state index is -5.68. The summed E-state index contributed by atoms with van der Waals surface area (Å²) in [5.41, 5.74) is -6.46. The summed E-state index contributed by atoms with van der Waals surface area (Å²) < 4.78 is 68.2. The van der Waals surface area contributed by atoms with Crippen LogP contribution in [0.4, 0.5) is 24.5 Å². The number of nitrogens with zero attached hydrogens (tertiary/aromatic N) is 1.